The maximum atomic E-state index is 12.4. The van der Waals surface area contributed by atoms with Crippen LogP contribution in [-0.2, 0) is 14.8 Å². The minimum atomic E-state index is -3.64. The monoisotopic (exact) mass is 408 g/mol. The summed E-state index contributed by atoms with van der Waals surface area (Å²) in [6.45, 7) is 2.78. The number of carbonyl (C=O) groups is 1. The first-order valence-electron chi connectivity index (χ1n) is 8.64. The SMILES string of the molecule is O=C(CCNS(=O)(=O)c1ccc(Cl)cc1)N1CCN(c2ccncc2)CC1. The number of nitrogens with zero attached hydrogens (tertiary/aromatic N) is 3. The van der Waals surface area contributed by atoms with Crippen LogP contribution >= 0.6 is 11.6 Å². The first-order chi connectivity index (χ1) is 13.0. The zero-order valence-corrected chi connectivity index (χ0v) is 16.3. The molecule has 0 spiro atoms. The second kappa shape index (κ2) is 8.69. The molecular weight excluding hydrogens is 388 g/mol. The van der Waals surface area contributed by atoms with Crippen LogP contribution in [0, 0.1) is 0 Å². The summed E-state index contributed by atoms with van der Waals surface area (Å²) in [5.74, 6) is -0.0526. The summed E-state index contributed by atoms with van der Waals surface area (Å²) < 4.78 is 26.9. The van der Waals surface area contributed by atoms with Crippen molar-refractivity contribution in [1.29, 1.82) is 0 Å². The predicted octanol–water partition coefficient (Wildman–Crippen LogP) is 1.75. The second-order valence-electron chi connectivity index (χ2n) is 6.17. The smallest absolute Gasteiger partial charge is 0.240 e. The standard InChI is InChI=1S/C18H21ClN4O3S/c19-15-1-3-17(4-2-15)27(25,26)21-10-7-18(24)23-13-11-22(12-14-23)16-5-8-20-9-6-16/h1-6,8-9,21H,7,10-14H2. The summed E-state index contributed by atoms with van der Waals surface area (Å²) in [5.41, 5.74) is 1.09. The normalized spacial score (nSPS) is 15.0. The topological polar surface area (TPSA) is 82.6 Å². The molecule has 0 bridgehead atoms. The van der Waals surface area contributed by atoms with Gasteiger partial charge in [0.15, 0.2) is 0 Å². The lowest BCUT2D eigenvalue weighted by Crippen LogP contribution is -2.49. The van der Waals surface area contributed by atoms with Crippen molar-refractivity contribution in [2.75, 3.05) is 37.6 Å². The van der Waals surface area contributed by atoms with Crippen LogP contribution < -0.4 is 9.62 Å². The van der Waals surface area contributed by atoms with Gasteiger partial charge in [-0.1, -0.05) is 11.6 Å². The number of anilines is 1. The number of benzene rings is 1. The predicted molar refractivity (Wildman–Crippen MR) is 104 cm³/mol. The fraction of sp³-hybridized carbons (Fsp3) is 0.333. The Balaban J connectivity index is 1.45. The average molecular weight is 409 g/mol. The van der Waals surface area contributed by atoms with E-state index in [2.05, 4.69) is 14.6 Å². The molecule has 1 fully saturated rings. The van der Waals surface area contributed by atoms with E-state index in [1.807, 2.05) is 12.1 Å². The Morgan fingerprint density at radius 2 is 1.67 bits per heavy atom. The summed E-state index contributed by atoms with van der Waals surface area (Å²) in [5, 5.41) is 0.468. The van der Waals surface area contributed by atoms with Crippen LogP contribution in [0.3, 0.4) is 0 Å². The number of piperazine rings is 1. The first kappa shape index (κ1) is 19.6. The number of sulfonamides is 1. The maximum absolute atomic E-state index is 12.4. The number of aromatic nitrogens is 1. The molecule has 1 saturated heterocycles. The molecule has 7 nitrogen and oxygen atoms in total. The van der Waals surface area contributed by atoms with E-state index in [-0.39, 0.29) is 23.8 Å². The van der Waals surface area contributed by atoms with Crippen LogP contribution in [-0.4, -0.2) is 56.9 Å². The fourth-order valence-corrected chi connectivity index (χ4v) is 4.07. The van der Waals surface area contributed by atoms with E-state index in [4.69, 9.17) is 11.6 Å². The summed E-state index contributed by atoms with van der Waals surface area (Å²) in [6, 6.07) is 9.80. The van der Waals surface area contributed by atoms with E-state index < -0.39 is 10.0 Å². The summed E-state index contributed by atoms with van der Waals surface area (Å²) in [7, 11) is -3.64. The molecule has 1 N–H and O–H groups in total. The van der Waals surface area contributed by atoms with Crippen molar-refractivity contribution >= 4 is 33.2 Å². The quantitative estimate of drug-likeness (QED) is 0.787. The molecule has 2 heterocycles. The van der Waals surface area contributed by atoms with Crippen LogP contribution in [0.25, 0.3) is 0 Å². The second-order valence-corrected chi connectivity index (χ2v) is 8.38. The molecule has 1 aliphatic heterocycles. The van der Waals surface area contributed by atoms with Crippen molar-refractivity contribution in [3.63, 3.8) is 0 Å². The van der Waals surface area contributed by atoms with Crippen molar-refractivity contribution in [1.82, 2.24) is 14.6 Å². The van der Waals surface area contributed by atoms with Crippen LogP contribution in [0.5, 0.6) is 0 Å². The average Bonchev–Trinajstić information content (AvgIpc) is 2.69. The van der Waals surface area contributed by atoms with E-state index in [9.17, 15) is 13.2 Å². The van der Waals surface area contributed by atoms with Crippen LogP contribution in [0.1, 0.15) is 6.42 Å². The van der Waals surface area contributed by atoms with Gasteiger partial charge in [0.25, 0.3) is 0 Å². The maximum Gasteiger partial charge on any atom is 0.240 e. The number of hydrogen-bond acceptors (Lipinski definition) is 5. The minimum Gasteiger partial charge on any atom is -0.368 e. The Morgan fingerprint density at radius 3 is 2.30 bits per heavy atom. The number of pyridine rings is 1. The summed E-state index contributed by atoms with van der Waals surface area (Å²) in [6.07, 6.45) is 3.63. The molecule has 3 rings (SSSR count). The van der Waals surface area contributed by atoms with Crippen molar-refractivity contribution < 1.29 is 13.2 Å². The number of halogens is 1. The number of hydrogen-bond donors (Lipinski definition) is 1. The highest BCUT2D eigenvalue weighted by molar-refractivity contribution is 7.89. The molecule has 1 aromatic heterocycles. The van der Waals surface area contributed by atoms with Gasteiger partial charge in [0, 0.05) is 62.2 Å². The van der Waals surface area contributed by atoms with Gasteiger partial charge in [-0.15, -0.1) is 0 Å². The number of carbonyl (C=O) groups excluding carboxylic acids is 1. The van der Waals surface area contributed by atoms with Crippen LogP contribution in [0.15, 0.2) is 53.7 Å². The van der Waals surface area contributed by atoms with Gasteiger partial charge in [-0.05, 0) is 36.4 Å². The fourth-order valence-electron chi connectivity index (χ4n) is 2.92. The van der Waals surface area contributed by atoms with Gasteiger partial charge < -0.3 is 9.80 Å². The minimum absolute atomic E-state index is 0.0526. The van der Waals surface area contributed by atoms with Gasteiger partial charge >= 0.3 is 0 Å². The van der Waals surface area contributed by atoms with Gasteiger partial charge in [0.05, 0.1) is 4.90 Å². The molecule has 144 valence electrons. The third-order valence-corrected chi connectivity index (χ3v) is 6.14. The van der Waals surface area contributed by atoms with E-state index in [1.165, 1.54) is 24.3 Å². The molecular formula is C18H21ClN4O3S. The molecule has 0 radical (unpaired) electrons. The highest BCUT2D eigenvalue weighted by Crippen LogP contribution is 2.16. The van der Waals surface area contributed by atoms with Gasteiger partial charge in [-0.3, -0.25) is 9.78 Å². The van der Waals surface area contributed by atoms with Crippen LogP contribution in [0.4, 0.5) is 5.69 Å². The molecule has 0 aliphatic carbocycles. The molecule has 1 aliphatic rings. The van der Waals surface area contributed by atoms with Gasteiger partial charge in [0.1, 0.15) is 0 Å². The van der Waals surface area contributed by atoms with E-state index in [0.29, 0.717) is 18.1 Å². The lowest BCUT2D eigenvalue weighted by Gasteiger charge is -2.36. The number of nitrogens with one attached hydrogen (secondary N) is 1. The zero-order valence-electron chi connectivity index (χ0n) is 14.7. The van der Waals surface area contributed by atoms with E-state index >= 15 is 0 Å². The van der Waals surface area contributed by atoms with Crippen molar-refractivity contribution in [3.8, 4) is 0 Å². The van der Waals surface area contributed by atoms with Gasteiger partial charge in [-0.2, -0.15) is 0 Å². The Bertz CT molecular complexity index is 867. The van der Waals surface area contributed by atoms with Crippen molar-refractivity contribution in [3.05, 3.63) is 53.8 Å². The molecule has 9 heteroatoms. The van der Waals surface area contributed by atoms with E-state index in [1.54, 1.807) is 17.3 Å². The highest BCUT2D eigenvalue weighted by atomic mass is 35.5. The third-order valence-electron chi connectivity index (χ3n) is 4.42. The van der Waals surface area contributed by atoms with E-state index in [0.717, 1.165) is 18.8 Å². The van der Waals surface area contributed by atoms with Crippen molar-refractivity contribution in [2.45, 2.75) is 11.3 Å². The van der Waals surface area contributed by atoms with Crippen molar-refractivity contribution in [2.24, 2.45) is 0 Å². The Kier molecular flexibility index (Phi) is 6.30. The van der Waals surface area contributed by atoms with Gasteiger partial charge in [-0.25, -0.2) is 13.1 Å². The summed E-state index contributed by atoms with van der Waals surface area (Å²) >= 11 is 5.77. The molecule has 0 unspecified atom stereocenters. The number of rotatable bonds is 6. The molecule has 1 amide bonds. The highest BCUT2D eigenvalue weighted by Gasteiger charge is 2.22. The third kappa shape index (κ3) is 5.18. The Morgan fingerprint density at radius 1 is 1.04 bits per heavy atom. The molecule has 0 atom stereocenters. The Hall–Kier alpha value is -2.16. The molecule has 0 saturated carbocycles. The molecule has 27 heavy (non-hydrogen) atoms. The zero-order chi connectivity index (χ0) is 19.3. The molecule has 1 aromatic carbocycles. The van der Waals surface area contributed by atoms with Crippen LogP contribution in [0.2, 0.25) is 5.02 Å². The summed E-state index contributed by atoms with van der Waals surface area (Å²) in [4.78, 5) is 20.5. The first-order valence-corrected chi connectivity index (χ1v) is 10.5. The largest absolute Gasteiger partial charge is 0.368 e. The lowest BCUT2D eigenvalue weighted by atomic mass is 10.2. The lowest BCUT2D eigenvalue weighted by molar-refractivity contribution is -0.131. The Labute approximate surface area is 164 Å². The number of amides is 1. The van der Waals surface area contributed by atoms with Gasteiger partial charge in [0.2, 0.25) is 15.9 Å². The molecule has 2 aromatic rings.